The lowest BCUT2D eigenvalue weighted by molar-refractivity contribution is 0.440. The molecule has 0 amide bonds. The number of nitrogens with zero attached hydrogens (tertiary/aromatic N) is 4. The third-order valence-corrected chi connectivity index (χ3v) is 2.59. The van der Waals surface area contributed by atoms with Crippen molar-refractivity contribution in [3.63, 3.8) is 0 Å². The predicted molar refractivity (Wildman–Crippen MR) is 70.4 cm³/mol. The molecule has 3 rings (SSSR count). The van der Waals surface area contributed by atoms with Gasteiger partial charge in [-0.25, -0.2) is 14.6 Å². The average Bonchev–Trinajstić information content (AvgIpc) is 2.94. The normalized spacial score (nSPS) is 10.4. The minimum absolute atomic E-state index is 0.354. The molecule has 94 valence electrons. The second-order valence-corrected chi connectivity index (χ2v) is 4.03. The lowest BCUT2D eigenvalue weighted by atomic mass is 10.3. The Balaban J connectivity index is 1.80. The van der Waals surface area contributed by atoms with Crippen molar-refractivity contribution in [2.24, 2.45) is 0 Å². The fourth-order valence-corrected chi connectivity index (χ4v) is 1.67. The molecular weight excluding hydrogens is 240 g/mol. The molecular formula is C14H12N4O. The van der Waals surface area contributed by atoms with E-state index in [0.717, 1.165) is 11.4 Å². The molecule has 0 bridgehead atoms. The fraction of sp³-hybridized carbons (Fsp3) is 0.0714. The maximum atomic E-state index is 5.58. The first-order valence-electron chi connectivity index (χ1n) is 5.89. The number of rotatable bonds is 3. The Hall–Kier alpha value is -2.69. The number of hydrogen-bond donors (Lipinski definition) is 0. The molecule has 0 aliphatic heterocycles. The van der Waals surface area contributed by atoms with Gasteiger partial charge in [-0.05, 0) is 43.3 Å². The molecule has 0 N–H and O–H groups in total. The van der Waals surface area contributed by atoms with Gasteiger partial charge in [0.1, 0.15) is 5.75 Å². The predicted octanol–water partition coefficient (Wildman–Crippen LogP) is 2.76. The van der Waals surface area contributed by atoms with Crippen LogP contribution in [0.2, 0.25) is 0 Å². The van der Waals surface area contributed by atoms with E-state index in [2.05, 4.69) is 15.1 Å². The van der Waals surface area contributed by atoms with Gasteiger partial charge in [0.05, 0.1) is 5.69 Å². The first-order chi connectivity index (χ1) is 9.31. The lowest BCUT2D eigenvalue weighted by Crippen LogP contribution is -1.95. The van der Waals surface area contributed by atoms with E-state index in [1.165, 1.54) is 0 Å². The van der Waals surface area contributed by atoms with Gasteiger partial charge in [0.25, 0.3) is 0 Å². The average molecular weight is 252 g/mol. The number of ether oxygens (including phenoxy) is 1. The highest BCUT2D eigenvalue weighted by atomic mass is 16.5. The van der Waals surface area contributed by atoms with Crippen molar-refractivity contribution in [1.29, 1.82) is 0 Å². The van der Waals surface area contributed by atoms with E-state index >= 15 is 0 Å². The molecule has 2 heterocycles. The molecule has 2 aromatic heterocycles. The molecule has 0 aliphatic carbocycles. The van der Waals surface area contributed by atoms with Crippen LogP contribution in [0.1, 0.15) is 5.69 Å². The van der Waals surface area contributed by atoms with Gasteiger partial charge in [-0.3, -0.25) is 0 Å². The number of aryl methyl sites for hydroxylation is 1. The molecule has 19 heavy (non-hydrogen) atoms. The summed E-state index contributed by atoms with van der Waals surface area (Å²) in [6, 6.07) is 11.6. The molecule has 0 saturated carbocycles. The topological polar surface area (TPSA) is 52.8 Å². The highest BCUT2D eigenvalue weighted by Crippen LogP contribution is 2.19. The number of aromatic nitrogens is 4. The van der Waals surface area contributed by atoms with Crippen molar-refractivity contribution in [2.45, 2.75) is 6.92 Å². The minimum Gasteiger partial charge on any atom is -0.424 e. The quantitative estimate of drug-likeness (QED) is 0.719. The molecule has 0 saturated heterocycles. The highest BCUT2D eigenvalue weighted by Gasteiger charge is 2.01. The van der Waals surface area contributed by atoms with Crippen molar-refractivity contribution in [3.05, 3.63) is 60.7 Å². The summed E-state index contributed by atoms with van der Waals surface area (Å²) in [6.07, 6.45) is 5.31. The van der Waals surface area contributed by atoms with Crippen molar-refractivity contribution in [1.82, 2.24) is 19.7 Å². The summed E-state index contributed by atoms with van der Waals surface area (Å²) in [4.78, 5) is 8.25. The van der Waals surface area contributed by atoms with Crippen LogP contribution in [0.5, 0.6) is 11.8 Å². The Bertz CT molecular complexity index is 662. The van der Waals surface area contributed by atoms with E-state index in [9.17, 15) is 0 Å². The maximum absolute atomic E-state index is 5.58. The van der Waals surface area contributed by atoms with Crippen molar-refractivity contribution >= 4 is 0 Å². The van der Waals surface area contributed by atoms with Crippen LogP contribution in [0, 0.1) is 6.92 Å². The lowest BCUT2D eigenvalue weighted by Gasteiger charge is -2.05. The summed E-state index contributed by atoms with van der Waals surface area (Å²) in [5, 5.41) is 4.16. The zero-order valence-corrected chi connectivity index (χ0v) is 10.4. The van der Waals surface area contributed by atoms with Crippen LogP contribution in [0.25, 0.3) is 5.69 Å². The second-order valence-electron chi connectivity index (χ2n) is 4.03. The molecule has 0 radical (unpaired) electrons. The van der Waals surface area contributed by atoms with Gasteiger partial charge in [0.15, 0.2) is 0 Å². The zero-order valence-electron chi connectivity index (χ0n) is 10.4. The van der Waals surface area contributed by atoms with Gasteiger partial charge in [0.2, 0.25) is 0 Å². The standard InChI is InChI=1S/C14H12N4O/c1-11-7-9-15-14(17-11)19-13-5-3-12(4-6-13)18-10-2-8-16-18/h2-10H,1H3. The van der Waals surface area contributed by atoms with Crippen LogP contribution >= 0.6 is 0 Å². The maximum Gasteiger partial charge on any atom is 0.322 e. The summed E-state index contributed by atoms with van der Waals surface area (Å²) >= 11 is 0. The van der Waals surface area contributed by atoms with Crippen LogP contribution in [0.15, 0.2) is 55.0 Å². The van der Waals surface area contributed by atoms with Gasteiger partial charge in [-0.1, -0.05) is 0 Å². The first kappa shape index (κ1) is 11.4. The summed E-state index contributed by atoms with van der Waals surface area (Å²) in [5.41, 5.74) is 1.85. The number of hydrogen-bond acceptors (Lipinski definition) is 4. The van der Waals surface area contributed by atoms with E-state index in [1.807, 2.05) is 49.5 Å². The molecule has 1 aromatic carbocycles. The smallest absolute Gasteiger partial charge is 0.322 e. The minimum atomic E-state index is 0.354. The Morgan fingerprint density at radius 1 is 1.05 bits per heavy atom. The van der Waals surface area contributed by atoms with E-state index in [4.69, 9.17) is 4.74 Å². The Morgan fingerprint density at radius 3 is 2.58 bits per heavy atom. The third kappa shape index (κ3) is 2.60. The highest BCUT2D eigenvalue weighted by molar-refractivity contribution is 5.37. The van der Waals surface area contributed by atoms with Gasteiger partial charge in [0, 0.05) is 24.3 Å². The molecule has 0 fully saturated rings. The monoisotopic (exact) mass is 252 g/mol. The van der Waals surface area contributed by atoms with E-state index in [1.54, 1.807) is 17.1 Å². The van der Waals surface area contributed by atoms with Gasteiger partial charge >= 0.3 is 6.01 Å². The molecule has 0 spiro atoms. The van der Waals surface area contributed by atoms with Crippen molar-refractivity contribution < 1.29 is 4.74 Å². The first-order valence-corrected chi connectivity index (χ1v) is 5.89. The summed E-state index contributed by atoms with van der Waals surface area (Å²) in [6.45, 7) is 1.90. The SMILES string of the molecule is Cc1ccnc(Oc2ccc(-n3cccn3)cc2)n1. The van der Waals surface area contributed by atoms with Crippen LogP contribution in [0.4, 0.5) is 0 Å². The van der Waals surface area contributed by atoms with E-state index in [0.29, 0.717) is 11.8 Å². The summed E-state index contributed by atoms with van der Waals surface area (Å²) in [7, 11) is 0. The van der Waals surface area contributed by atoms with Crippen molar-refractivity contribution in [3.8, 4) is 17.4 Å². The molecule has 0 unspecified atom stereocenters. The molecule has 5 nitrogen and oxygen atoms in total. The van der Waals surface area contributed by atoms with E-state index in [-0.39, 0.29) is 0 Å². The Kier molecular flexibility index (Phi) is 2.94. The number of benzene rings is 1. The van der Waals surface area contributed by atoms with Crippen LogP contribution in [0.3, 0.4) is 0 Å². The van der Waals surface area contributed by atoms with Gasteiger partial charge in [-0.2, -0.15) is 5.10 Å². The summed E-state index contributed by atoms with van der Waals surface area (Å²) in [5.74, 6) is 0.696. The molecule has 3 aromatic rings. The largest absolute Gasteiger partial charge is 0.424 e. The third-order valence-electron chi connectivity index (χ3n) is 2.59. The van der Waals surface area contributed by atoms with E-state index < -0.39 is 0 Å². The van der Waals surface area contributed by atoms with Crippen LogP contribution < -0.4 is 4.74 Å². The zero-order chi connectivity index (χ0) is 13.1. The second kappa shape index (κ2) is 4.89. The Morgan fingerprint density at radius 2 is 1.89 bits per heavy atom. The van der Waals surface area contributed by atoms with Gasteiger partial charge in [-0.15, -0.1) is 0 Å². The van der Waals surface area contributed by atoms with Crippen LogP contribution in [-0.4, -0.2) is 19.7 Å². The summed E-state index contributed by atoms with van der Waals surface area (Å²) < 4.78 is 7.36. The molecule has 5 heteroatoms. The fourth-order valence-electron chi connectivity index (χ4n) is 1.67. The molecule has 0 atom stereocenters. The Labute approximate surface area is 110 Å². The van der Waals surface area contributed by atoms with Gasteiger partial charge < -0.3 is 4.74 Å². The van der Waals surface area contributed by atoms with Crippen LogP contribution in [-0.2, 0) is 0 Å². The molecule has 0 aliphatic rings. The van der Waals surface area contributed by atoms with Crippen molar-refractivity contribution in [2.75, 3.05) is 0 Å².